The molecule has 2 aromatic heterocycles. The normalized spacial score (nSPS) is 12.7. The number of nitrogens with one attached hydrogen (secondary N) is 1. The van der Waals surface area contributed by atoms with E-state index in [9.17, 15) is 0 Å². The molecule has 0 bridgehead atoms. The molecule has 0 aliphatic rings. The average Bonchev–Trinajstić information content (AvgIpc) is 2.77. The van der Waals surface area contributed by atoms with E-state index < -0.39 is 0 Å². The fourth-order valence-corrected chi connectivity index (χ4v) is 2.35. The van der Waals surface area contributed by atoms with E-state index in [1.807, 2.05) is 25.5 Å². The van der Waals surface area contributed by atoms with Crippen LogP contribution in [0.3, 0.4) is 0 Å². The summed E-state index contributed by atoms with van der Waals surface area (Å²) < 4.78 is 0. The lowest BCUT2D eigenvalue weighted by atomic mass is 10.2. The zero-order valence-corrected chi connectivity index (χ0v) is 10.5. The van der Waals surface area contributed by atoms with Gasteiger partial charge in [0.25, 0.3) is 0 Å². The molecule has 3 nitrogen and oxygen atoms in total. The van der Waals surface area contributed by atoms with E-state index in [4.69, 9.17) is 0 Å². The number of nitrogens with zero attached hydrogens (tertiary/aromatic N) is 2. The van der Waals surface area contributed by atoms with Gasteiger partial charge in [-0.2, -0.15) is 0 Å². The Balaban J connectivity index is 2.31. The lowest BCUT2D eigenvalue weighted by Crippen LogP contribution is -2.10. The molecule has 0 amide bonds. The number of pyridine rings is 1. The first-order chi connectivity index (χ1) is 7.70. The van der Waals surface area contributed by atoms with Crippen molar-refractivity contribution in [3.05, 3.63) is 35.0 Å². The summed E-state index contributed by atoms with van der Waals surface area (Å²) in [6.07, 6.45) is 3.75. The van der Waals surface area contributed by atoms with E-state index in [0.717, 1.165) is 10.7 Å². The van der Waals surface area contributed by atoms with Crippen molar-refractivity contribution in [2.75, 3.05) is 7.05 Å². The lowest BCUT2D eigenvalue weighted by molar-refractivity contribution is 0.662. The van der Waals surface area contributed by atoms with Crippen molar-refractivity contribution in [2.24, 2.45) is 0 Å². The molecule has 0 aliphatic carbocycles. The van der Waals surface area contributed by atoms with Crippen LogP contribution < -0.4 is 5.32 Å². The van der Waals surface area contributed by atoms with Gasteiger partial charge in [0.1, 0.15) is 5.01 Å². The van der Waals surface area contributed by atoms with Crippen LogP contribution >= 0.6 is 11.3 Å². The Bertz CT molecular complexity index is 479. The summed E-state index contributed by atoms with van der Waals surface area (Å²) in [5, 5.41) is 4.19. The van der Waals surface area contributed by atoms with Crippen LogP contribution in [-0.4, -0.2) is 17.0 Å². The fourth-order valence-electron chi connectivity index (χ4n) is 1.40. The summed E-state index contributed by atoms with van der Waals surface area (Å²) in [4.78, 5) is 9.99. The van der Waals surface area contributed by atoms with Crippen molar-refractivity contribution in [1.82, 2.24) is 15.3 Å². The minimum absolute atomic E-state index is 0.344. The Morgan fingerprint density at radius 2 is 2.19 bits per heavy atom. The van der Waals surface area contributed by atoms with Crippen molar-refractivity contribution >= 4 is 11.3 Å². The monoisotopic (exact) mass is 233 g/mol. The predicted octanol–water partition coefficient (Wildman–Crippen LogP) is 2.79. The largest absolute Gasteiger partial charge is 0.312 e. The minimum atomic E-state index is 0.344. The molecule has 0 aromatic carbocycles. The van der Waals surface area contributed by atoms with E-state index in [1.54, 1.807) is 11.3 Å². The minimum Gasteiger partial charge on any atom is -0.312 e. The molecule has 0 saturated heterocycles. The van der Waals surface area contributed by atoms with Gasteiger partial charge in [0, 0.05) is 23.3 Å². The second-order valence-electron chi connectivity index (χ2n) is 3.80. The second kappa shape index (κ2) is 4.72. The number of hydrogen-bond acceptors (Lipinski definition) is 4. The predicted molar refractivity (Wildman–Crippen MR) is 67.6 cm³/mol. The van der Waals surface area contributed by atoms with Crippen molar-refractivity contribution in [3.63, 3.8) is 0 Å². The molecular formula is C12H15N3S. The van der Waals surface area contributed by atoms with Gasteiger partial charge in [-0.15, -0.1) is 11.3 Å². The van der Waals surface area contributed by atoms with Crippen LogP contribution in [0.25, 0.3) is 10.7 Å². The van der Waals surface area contributed by atoms with Crippen LogP contribution in [0.2, 0.25) is 0 Å². The van der Waals surface area contributed by atoms with Crippen LogP contribution in [-0.2, 0) is 0 Å². The smallest absolute Gasteiger partial charge is 0.142 e. The van der Waals surface area contributed by atoms with Gasteiger partial charge in [-0.3, -0.25) is 4.98 Å². The highest BCUT2D eigenvalue weighted by molar-refractivity contribution is 7.15. The van der Waals surface area contributed by atoms with Gasteiger partial charge in [0.2, 0.25) is 0 Å². The van der Waals surface area contributed by atoms with Crippen LogP contribution in [0.4, 0.5) is 0 Å². The van der Waals surface area contributed by atoms with Gasteiger partial charge >= 0.3 is 0 Å². The van der Waals surface area contributed by atoms with Gasteiger partial charge in [0.05, 0.1) is 5.69 Å². The molecule has 4 heteroatoms. The first-order valence-electron chi connectivity index (χ1n) is 5.26. The SMILES string of the molecule is CNC(C)c1cnc(-c2cc(C)ccn2)s1. The second-order valence-corrected chi connectivity index (χ2v) is 4.86. The molecule has 0 aliphatic heterocycles. The van der Waals surface area contributed by atoms with E-state index in [-0.39, 0.29) is 0 Å². The highest BCUT2D eigenvalue weighted by atomic mass is 32.1. The molecule has 2 rings (SSSR count). The van der Waals surface area contributed by atoms with Crippen LogP contribution in [0, 0.1) is 6.92 Å². The maximum absolute atomic E-state index is 4.41. The van der Waals surface area contributed by atoms with Crippen molar-refractivity contribution in [1.29, 1.82) is 0 Å². The summed E-state index contributed by atoms with van der Waals surface area (Å²) in [6, 6.07) is 4.40. The molecule has 0 radical (unpaired) electrons. The molecule has 1 atom stereocenters. The van der Waals surface area contributed by atoms with Crippen molar-refractivity contribution in [3.8, 4) is 10.7 Å². The first kappa shape index (κ1) is 11.2. The molecule has 16 heavy (non-hydrogen) atoms. The molecule has 2 heterocycles. The van der Waals surface area contributed by atoms with Crippen LogP contribution in [0.1, 0.15) is 23.4 Å². The highest BCUT2D eigenvalue weighted by Gasteiger charge is 2.09. The van der Waals surface area contributed by atoms with E-state index in [1.165, 1.54) is 10.4 Å². The van der Waals surface area contributed by atoms with Gasteiger partial charge in [-0.1, -0.05) is 0 Å². The van der Waals surface area contributed by atoms with E-state index in [2.05, 4.69) is 35.2 Å². The summed E-state index contributed by atoms with van der Waals surface area (Å²) in [6.45, 7) is 4.19. The van der Waals surface area contributed by atoms with Crippen molar-refractivity contribution < 1.29 is 0 Å². The van der Waals surface area contributed by atoms with Crippen LogP contribution in [0.15, 0.2) is 24.5 Å². The Kier molecular flexibility index (Phi) is 3.31. The zero-order valence-electron chi connectivity index (χ0n) is 9.69. The van der Waals surface area contributed by atoms with Gasteiger partial charge < -0.3 is 5.32 Å². The number of aryl methyl sites for hydroxylation is 1. The first-order valence-corrected chi connectivity index (χ1v) is 6.08. The molecule has 0 spiro atoms. The third-order valence-corrected chi connectivity index (χ3v) is 3.72. The van der Waals surface area contributed by atoms with Gasteiger partial charge in [0.15, 0.2) is 0 Å². The Hall–Kier alpha value is -1.26. The maximum atomic E-state index is 4.41. The third-order valence-electron chi connectivity index (χ3n) is 2.52. The molecule has 0 fully saturated rings. The van der Waals surface area contributed by atoms with Crippen molar-refractivity contribution in [2.45, 2.75) is 19.9 Å². The molecule has 1 N–H and O–H groups in total. The summed E-state index contributed by atoms with van der Waals surface area (Å²) in [5.74, 6) is 0. The summed E-state index contributed by atoms with van der Waals surface area (Å²) >= 11 is 1.69. The number of hydrogen-bond donors (Lipinski definition) is 1. The van der Waals surface area contributed by atoms with E-state index in [0.29, 0.717) is 6.04 Å². The molecule has 84 valence electrons. The third kappa shape index (κ3) is 2.28. The van der Waals surface area contributed by atoms with Gasteiger partial charge in [-0.25, -0.2) is 4.98 Å². The number of rotatable bonds is 3. The molecule has 1 unspecified atom stereocenters. The maximum Gasteiger partial charge on any atom is 0.142 e. The Labute approximate surface area is 99.6 Å². The molecule has 0 saturated carbocycles. The quantitative estimate of drug-likeness (QED) is 0.885. The summed E-state index contributed by atoms with van der Waals surface area (Å²) in [5.41, 5.74) is 2.17. The standard InChI is InChI=1S/C12H15N3S/c1-8-4-5-14-10(6-8)12-15-7-11(16-12)9(2)13-3/h4-7,9,13H,1-3H3. The Morgan fingerprint density at radius 1 is 1.38 bits per heavy atom. The topological polar surface area (TPSA) is 37.8 Å². The zero-order chi connectivity index (χ0) is 11.5. The summed E-state index contributed by atoms with van der Waals surface area (Å²) in [7, 11) is 1.95. The molecular weight excluding hydrogens is 218 g/mol. The number of aromatic nitrogens is 2. The fraction of sp³-hybridized carbons (Fsp3) is 0.333. The molecule has 2 aromatic rings. The van der Waals surface area contributed by atoms with E-state index >= 15 is 0 Å². The average molecular weight is 233 g/mol. The number of thiazole rings is 1. The highest BCUT2D eigenvalue weighted by Crippen LogP contribution is 2.27. The lowest BCUT2D eigenvalue weighted by Gasteiger charge is -2.04. The van der Waals surface area contributed by atoms with Gasteiger partial charge in [-0.05, 0) is 38.6 Å². The van der Waals surface area contributed by atoms with Crippen LogP contribution in [0.5, 0.6) is 0 Å². The Morgan fingerprint density at radius 3 is 2.88 bits per heavy atom.